The lowest BCUT2D eigenvalue weighted by Gasteiger charge is -2.22. The number of ketones is 1. The first-order chi connectivity index (χ1) is 7.66. The number of carbonyl (C=O) groups is 1. The number of hydrogen-bond donors (Lipinski definition) is 0. The predicted octanol–water partition coefficient (Wildman–Crippen LogP) is 3.37. The molecule has 1 fully saturated rings. The molecule has 86 valence electrons. The van der Waals surface area contributed by atoms with Gasteiger partial charge in [0.2, 0.25) is 0 Å². The summed E-state index contributed by atoms with van der Waals surface area (Å²) in [5, 5.41) is 0.207. The van der Waals surface area contributed by atoms with E-state index >= 15 is 0 Å². The molecular formula is C12H12ClFO2. The summed E-state index contributed by atoms with van der Waals surface area (Å²) >= 11 is 5.82. The van der Waals surface area contributed by atoms with Crippen molar-refractivity contribution in [2.24, 2.45) is 0 Å². The lowest BCUT2D eigenvalue weighted by atomic mass is 9.96. The highest BCUT2D eigenvalue weighted by atomic mass is 35.5. The molecule has 4 heteroatoms. The molecule has 0 radical (unpaired) electrons. The topological polar surface area (TPSA) is 26.3 Å². The second-order valence-corrected chi connectivity index (χ2v) is 4.30. The summed E-state index contributed by atoms with van der Waals surface area (Å²) in [7, 11) is 0. The molecule has 0 aliphatic heterocycles. The van der Waals surface area contributed by atoms with Crippen LogP contribution >= 0.6 is 11.6 Å². The summed E-state index contributed by atoms with van der Waals surface area (Å²) in [6, 6.07) is 3.91. The normalized spacial score (nSPS) is 20.9. The summed E-state index contributed by atoms with van der Waals surface area (Å²) in [4.78, 5) is 11.5. The van der Waals surface area contributed by atoms with Crippen molar-refractivity contribution in [2.75, 3.05) is 0 Å². The number of carbonyl (C=O) groups excluding carboxylic acids is 1. The number of rotatable bonds is 2. The van der Waals surface area contributed by atoms with Crippen molar-refractivity contribution in [3.63, 3.8) is 0 Å². The molecule has 0 N–H and O–H groups in total. The van der Waals surface area contributed by atoms with E-state index in [0.717, 1.165) is 12.8 Å². The Kier molecular flexibility index (Phi) is 3.44. The number of benzene rings is 1. The molecule has 1 unspecified atom stereocenters. The molecule has 0 aromatic heterocycles. The van der Waals surface area contributed by atoms with Gasteiger partial charge in [-0.3, -0.25) is 4.79 Å². The Hall–Kier alpha value is -1.09. The first-order valence-corrected chi connectivity index (χ1v) is 5.69. The average molecular weight is 243 g/mol. The molecule has 0 amide bonds. The molecule has 0 heterocycles. The Morgan fingerprint density at radius 2 is 2.19 bits per heavy atom. The molecule has 0 spiro atoms. The standard InChI is InChI=1S/C12H12ClFO2/c13-9-7-8(14)5-6-11(9)16-12-4-2-1-3-10(12)15/h5-7,12H,1-4H2. The molecule has 0 saturated heterocycles. The Labute approximate surface area is 98.4 Å². The van der Waals surface area contributed by atoms with Crippen molar-refractivity contribution in [1.82, 2.24) is 0 Å². The third-order valence-electron chi connectivity index (χ3n) is 2.66. The van der Waals surface area contributed by atoms with Crippen LogP contribution in [0.15, 0.2) is 18.2 Å². The van der Waals surface area contributed by atoms with Crippen molar-refractivity contribution in [3.8, 4) is 5.75 Å². The molecule has 1 atom stereocenters. The van der Waals surface area contributed by atoms with Crippen LogP contribution in [0.5, 0.6) is 5.75 Å². The van der Waals surface area contributed by atoms with Gasteiger partial charge in [0.1, 0.15) is 11.6 Å². The minimum atomic E-state index is -0.420. The molecule has 1 aliphatic carbocycles. The van der Waals surface area contributed by atoms with Gasteiger partial charge in [0.05, 0.1) is 5.02 Å². The van der Waals surface area contributed by atoms with E-state index in [2.05, 4.69) is 0 Å². The van der Waals surface area contributed by atoms with Crippen LogP contribution in [0.25, 0.3) is 0 Å². The van der Waals surface area contributed by atoms with E-state index in [4.69, 9.17) is 16.3 Å². The molecule has 1 aromatic carbocycles. The van der Waals surface area contributed by atoms with Gasteiger partial charge in [-0.2, -0.15) is 0 Å². The van der Waals surface area contributed by atoms with Crippen molar-refractivity contribution in [2.45, 2.75) is 31.8 Å². The Morgan fingerprint density at radius 1 is 1.38 bits per heavy atom. The Bertz CT molecular complexity index is 406. The number of Topliss-reactive ketones (excluding diaryl/α,β-unsaturated/α-hetero) is 1. The van der Waals surface area contributed by atoms with Gasteiger partial charge in [0.25, 0.3) is 0 Å². The first kappa shape index (κ1) is 11.4. The molecule has 2 nitrogen and oxygen atoms in total. The summed E-state index contributed by atoms with van der Waals surface area (Å²) in [5.74, 6) is 0.0716. The van der Waals surface area contributed by atoms with Crippen LogP contribution in [0.1, 0.15) is 25.7 Å². The maximum atomic E-state index is 12.8. The predicted molar refractivity (Wildman–Crippen MR) is 59.3 cm³/mol. The van der Waals surface area contributed by atoms with Gasteiger partial charge in [-0.1, -0.05) is 11.6 Å². The van der Waals surface area contributed by atoms with Crippen molar-refractivity contribution in [3.05, 3.63) is 29.0 Å². The second-order valence-electron chi connectivity index (χ2n) is 3.89. The van der Waals surface area contributed by atoms with E-state index in [-0.39, 0.29) is 10.8 Å². The highest BCUT2D eigenvalue weighted by molar-refractivity contribution is 6.32. The van der Waals surface area contributed by atoms with Gasteiger partial charge in [0.15, 0.2) is 11.9 Å². The third-order valence-corrected chi connectivity index (χ3v) is 2.96. The largest absolute Gasteiger partial charge is 0.481 e. The Morgan fingerprint density at radius 3 is 2.88 bits per heavy atom. The van der Waals surface area contributed by atoms with Crippen molar-refractivity contribution < 1.29 is 13.9 Å². The average Bonchev–Trinajstić information content (AvgIpc) is 2.25. The molecule has 1 aromatic rings. The fourth-order valence-electron chi connectivity index (χ4n) is 1.80. The van der Waals surface area contributed by atoms with E-state index in [1.807, 2.05) is 0 Å². The summed E-state index contributed by atoms with van der Waals surface area (Å²) in [5.41, 5.74) is 0. The van der Waals surface area contributed by atoms with Gasteiger partial charge in [0, 0.05) is 6.42 Å². The zero-order valence-electron chi connectivity index (χ0n) is 8.71. The lowest BCUT2D eigenvalue weighted by Crippen LogP contribution is -2.30. The molecule has 1 aliphatic rings. The maximum Gasteiger partial charge on any atom is 0.173 e. The monoisotopic (exact) mass is 242 g/mol. The van der Waals surface area contributed by atoms with Gasteiger partial charge in [-0.05, 0) is 37.5 Å². The van der Waals surface area contributed by atoms with Crippen LogP contribution in [-0.4, -0.2) is 11.9 Å². The van der Waals surface area contributed by atoms with Gasteiger partial charge in [-0.15, -0.1) is 0 Å². The van der Waals surface area contributed by atoms with Crippen molar-refractivity contribution in [1.29, 1.82) is 0 Å². The maximum absolute atomic E-state index is 12.8. The molecule has 16 heavy (non-hydrogen) atoms. The van der Waals surface area contributed by atoms with Crippen molar-refractivity contribution >= 4 is 17.4 Å². The van der Waals surface area contributed by atoms with Crippen LogP contribution < -0.4 is 4.74 Å². The van der Waals surface area contributed by atoms with E-state index in [1.54, 1.807) is 0 Å². The van der Waals surface area contributed by atoms with E-state index in [9.17, 15) is 9.18 Å². The molecule has 0 bridgehead atoms. The summed E-state index contributed by atoms with van der Waals surface area (Å²) < 4.78 is 18.3. The minimum Gasteiger partial charge on any atom is -0.481 e. The van der Waals surface area contributed by atoms with Gasteiger partial charge >= 0.3 is 0 Å². The second kappa shape index (κ2) is 4.83. The van der Waals surface area contributed by atoms with Crippen LogP contribution in [0.2, 0.25) is 5.02 Å². The molecular weight excluding hydrogens is 231 g/mol. The first-order valence-electron chi connectivity index (χ1n) is 5.31. The minimum absolute atomic E-state index is 0.103. The highest BCUT2D eigenvalue weighted by Gasteiger charge is 2.24. The zero-order chi connectivity index (χ0) is 11.5. The third kappa shape index (κ3) is 2.53. The quantitative estimate of drug-likeness (QED) is 0.795. The van der Waals surface area contributed by atoms with Crippen LogP contribution in [0.4, 0.5) is 4.39 Å². The van der Waals surface area contributed by atoms with Crippen LogP contribution in [0.3, 0.4) is 0 Å². The number of hydrogen-bond acceptors (Lipinski definition) is 2. The fraction of sp³-hybridized carbons (Fsp3) is 0.417. The van der Waals surface area contributed by atoms with Gasteiger partial charge < -0.3 is 4.74 Å². The van der Waals surface area contributed by atoms with Crippen LogP contribution in [0, 0.1) is 5.82 Å². The number of halogens is 2. The van der Waals surface area contributed by atoms with Crippen LogP contribution in [-0.2, 0) is 4.79 Å². The fourth-order valence-corrected chi connectivity index (χ4v) is 2.01. The lowest BCUT2D eigenvalue weighted by molar-refractivity contribution is -0.127. The van der Waals surface area contributed by atoms with E-state index < -0.39 is 11.9 Å². The zero-order valence-corrected chi connectivity index (χ0v) is 9.47. The smallest absolute Gasteiger partial charge is 0.173 e. The van der Waals surface area contributed by atoms with Gasteiger partial charge in [-0.25, -0.2) is 4.39 Å². The van der Waals surface area contributed by atoms with E-state index in [0.29, 0.717) is 18.6 Å². The van der Waals surface area contributed by atoms with E-state index in [1.165, 1.54) is 18.2 Å². The Balaban J connectivity index is 2.10. The number of ether oxygens (including phenoxy) is 1. The summed E-state index contributed by atoms with van der Waals surface area (Å²) in [6.45, 7) is 0. The highest BCUT2D eigenvalue weighted by Crippen LogP contribution is 2.28. The molecule has 2 rings (SSSR count). The molecule has 1 saturated carbocycles. The SMILES string of the molecule is O=C1CCCCC1Oc1ccc(F)cc1Cl. The summed E-state index contributed by atoms with van der Waals surface area (Å²) in [6.07, 6.45) is 2.76.